The van der Waals surface area contributed by atoms with E-state index in [1.165, 1.54) is 17.7 Å². The number of rotatable bonds is 6. The third-order valence-corrected chi connectivity index (χ3v) is 3.75. The first-order chi connectivity index (χ1) is 12.6. The van der Waals surface area contributed by atoms with Crippen LogP contribution in [0.25, 0.3) is 0 Å². The van der Waals surface area contributed by atoms with Crippen LogP contribution in [-0.4, -0.2) is 22.4 Å². The summed E-state index contributed by atoms with van der Waals surface area (Å²) < 4.78 is 13.7. The number of carbonyl (C=O) groups is 1. The molecular weight excluding hydrogens is 331 g/mol. The molecule has 0 spiro atoms. The van der Waals surface area contributed by atoms with Gasteiger partial charge < -0.3 is 10.6 Å². The number of aryl methyl sites for hydroxylation is 1. The topological polar surface area (TPSA) is 66.9 Å². The van der Waals surface area contributed by atoms with E-state index < -0.39 is 11.7 Å². The minimum Gasteiger partial charge on any atom is -0.354 e. The molecule has 2 aromatic carbocycles. The lowest BCUT2D eigenvalue weighted by Gasteiger charge is -2.09. The number of nitrogens with zero attached hydrogens (tertiary/aromatic N) is 2. The van der Waals surface area contributed by atoms with Gasteiger partial charge in [-0.05, 0) is 37.1 Å². The number of anilines is 2. The summed E-state index contributed by atoms with van der Waals surface area (Å²) in [5.74, 6) is -0.598. The molecule has 6 heteroatoms. The van der Waals surface area contributed by atoms with E-state index in [0.717, 1.165) is 6.42 Å². The summed E-state index contributed by atoms with van der Waals surface area (Å²) >= 11 is 0. The average Bonchev–Trinajstić information content (AvgIpc) is 2.64. The second-order valence-corrected chi connectivity index (χ2v) is 5.81. The smallest absolute Gasteiger partial charge is 0.274 e. The van der Waals surface area contributed by atoms with E-state index in [-0.39, 0.29) is 11.4 Å². The number of carbonyl (C=O) groups excluding carboxylic acids is 1. The Kier molecular flexibility index (Phi) is 5.53. The Hall–Kier alpha value is -3.28. The van der Waals surface area contributed by atoms with Crippen molar-refractivity contribution in [3.63, 3.8) is 0 Å². The maximum Gasteiger partial charge on any atom is 0.274 e. The fourth-order valence-electron chi connectivity index (χ4n) is 2.48. The van der Waals surface area contributed by atoms with Gasteiger partial charge in [0.1, 0.15) is 11.5 Å². The molecule has 3 rings (SSSR count). The first-order valence-corrected chi connectivity index (χ1v) is 8.31. The molecule has 3 aromatic rings. The number of aromatic nitrogens is 2. The first-order valence-electron chi connectivity index (χ1n) is 8.31. The van der Waals surface area contributed by atoms with Crippen molar-refractivity contribution in [1.82, 2.24) is 9.97 Å². The zero-order valence-corrected chi connectivity index (χ0v) is 14.4. The van der Waals surface area contributed by atoms with Crippen molar-refractivity contribution >= 4 is 17.5 Å². The Morgan fingerprint density at radius 1 is 1.04 bits per heavy atom. The van der Waals surface area contributed by atoms with Crippen molar-refractivity contribution in [2.75, 3.05) is 17.2 Å². The zero-order valence-electron chi connectivity index (χ0n) is 14.4. The van der Waals surface area contributed by atoms with Gasteiger partial charge in [-0.3, -0.25) is 4.79 Å². The lowest BCUT2D eigenvalue weighted by atomic mass is 10.1. The lowest BCUT2D eigenvalue weighted by Crippen LogP contribution is -2.17. The number of hydrogen-bond donors (Lipinski definition) is 2. The Morgan fingerprint density at radius 3 is 2.54 bits per heavy atom. The fourth-order valence-corrected chi connectivity index (χ4v) is 2.48. The highest BCUT2D eigenvalue weighted by molar-refractivity contribution is 6.03. The number of halogens is 1. The summed E-state index contributed by atoms with van der Waals surface area (Å²) in [6.45, 7) is 2.42. The van der Waals surface area contributed by atoms with Crippen LogP contribution in [0.2, 0.25) is 0 Å². The van der Waals surface area contributed by atoms with Crippen LogP contribution in [0.15, 0.2) is 60.7 Å². The minimum absolute atomic E-state index is 0.118. The second kappa shape index (κ2) is 8.20. The van der Waals surface area contributed by atoms with Crippen molar-refractivity contribution < 1.29 is 9.18 Å². The van der Waals surface area contributed by atoms with Crippen molar-refractivity contribution in [3.05, 3.63) is 83.4 Å². The number of para-hydroxylation sites is 1. The van der Waals surface area contributed by atoms with Crippen LogP contribution in [-0.2, 0) is 6.42 Å². The molecule has 26 heavy (non-hydrogen) atoms. The molecule has 0 atom stereocenters. The van der Waals surface area contributed by atoms with Gasteiger partial charge in [-0.25, -0.2) is 14.4 Å². The Labute approximate surface area is 151 Å². The molecule has 0 unspecified atom stereocenters. The Morgan fingerprint density at radius 2 is 1.77 bits per heavy atom. The SMILES string of the molecule is Cc1cc(C(=O)Nc2ccccc2F)nc(NCCc2ccccc2)n1. The summed E-state index contributed by atoms with van der Waals surface area (Å²) in [5, 5.41) is 5.66. The monoisotopic (exact) mass is 350 g/mol. The van der Waals surface area contributed by atoms with Gasteiger partial charge in [-0.1, -0.05) is 42.5 Å². The third kappa shape index (κ3) is 4.63. The van der Waals surface area contributed by atoms with Crippen LogP contribution < -0.4 is 10.6 Å². The maximum absolute atomic E-state index is 13.7. The van der Waals surface area contributed by atoms with Crippen molar-refractivity contribution in [2.24, 2.45) is 0 Å². The van der Waals surface area contributed by atoms with Crippen LogP contribution in [0.5, 0.6) is 0 Å². The summed E-state index contributed by atoms with van der Waals surface area (Å²) in [7, 11) is 0. The van der Waals surface area contributed by atoms with E-state index >= 15 is 0 Å². The molecule has 0 aliphatic carbocycles. The molecule has 0 aliphatic heterocycles. The van der Waals surface area contributed by atoms with Crippen LogP contribution in [0, 0.1) is 12.7 Å². The predicted octanol–water partition coefficient (Wildman–Crippen LogP) is 3.83. The summed E-state index contributed by atoms with van der Waals surface area (Å²) in [6, 6.07) is 17.6. The number of nitrogens with one attached hydrogen (secondary N) is 2. The molecule has 0 saturated heterocycles. The van der Waals surface area contributed by atoms with Gasteiger partial charge >= 0.3 is 0 Å². The molecule has 0 aliphatic rings. The van der Waals surface area contributed by atoms with Gasteiger partial charge in [0.2, 0.25) is 5.95 Å². The molecule has 1 heterocycles. The van der Waals surface area contributed by atoms with Crippen molar-refractivity contribution in [3.8, 4) is 0 Å². The third-order valence-electron chi connectivity index (χ3n) is 3.75. The molecule has 0 radical (unpaired) electrons. The number of benzene rings is 2. The molecule has 1 aromatic heterocycles. The number of amides is 1. The van der Waals surface area contributed by atoms with Gasteiger partial charge in [0.25, 0.3) is 5.91 Å². The highest BCUT2D eigenvalue weighted by atomic mass is 19.1. The Balaban J connectivity index is 1.67. The average molecular weight is 350 g/mol. The van der Waals surface area contributed by atoms with Crippen LogP contribution in [0.3, 0.4) is 0 Å². The maximum atomic E-state index is 13.7. The summed E-state index contributed by atoms with van der Waals surface area (Å²) in [5.41, 5.74) is 2.15. The highest BCUT2D eigenvalue weighted by Crippen LogP contribution is 2.14. The van der Waals surface area contributed by atoms with Gasteiger partial charge in [0.15, 0.2) is 0 Å². The first kappa shape index (κ1) is 17.5. The van der Waals surface area contributed by atoms with Crippen molar-refractivity contribution in [2.45, 2.75) is 13.3 Å². The van der Waals surface area contributed by atoms with Crippen LogP contribution in [0.4, 0.5) is 16.0 Å². The minimum atomic E-state index is -0.493. The van der Waals surface area contributed by atoms with Gasteiger partial charge in [0, 0.05) is 12.2 Å². The standard InChI is InChI=1S/C20H19FN4O/c1-14-13-18(19(26)24-17-10-6-5-9-16(17)21)25-20(23-14)22-12-11-15-7-3-2-4-8-15/h2-10,13H,11-12H2,1H3,(H,24,26)(H,22,23,25). The fraction of sp³-hybridized carbons (Fsp3) is 0.150. The molecule has 0 bridgehead atoms. The van der Waals surface area contributed by atoms with E-state index in [0.29, 0.717) is 18.2 Å². The molecule has 2 N–H and O–H groups in total. The summed E-state index contributed by atoms with van der Waals surface area (Å²) in [4.78, 5) is 20.9. The lowest BCUT2D eigenvalue weighted by molar-refractivity contribution is 0.102. The van der Waals surface area contributed by atoms with E-state index in [1.54, 1.807) is 25.1 Å². The predicted molar refractivity (Wildman–Crippen MR) is 99.8 cm³/mol. The normalized spacial score (nSPS) is 10.4. The van der Waals surface area contributed by atoms with E-state index in [1.807, 2.05) is 30.3 Å². The highest BCUT2D eigenvalue weighted by Gasteiger charge is 2.12. The van der Waals surface area contributed by atoms with E-state index in [2.05, 4.69) is 20.6 Å². The molecule has 0 fully saturated rings. The van der Waals surface area contributed by atoms with Gasteiger partial charge in [0.05, 0.1) is 5.69 Å². The molecule has 1 amide bonds. The molecular formula is C20H19FN4O. The van der Waals surface area contributed by atoms with E-state index in [4.69, 9.17) is 0 Å². The Bertz CT molecular complexity index is 899. The number of hydrogen-bond acceptors (Lipinski definition) is 4. The van der Waals surface area contributed by atoms with Crippen LogP contribution in [0.1, 0.15) is 21.7 Å². The molecule has 5 nitrogen and oxygen atoms in total. The van der Waals surface area contributed by atoms with Crippen molar-refractivity contribution in [1.29, 1.82) is 0 Å². The summed E-state index contributed by atoms with van der Waals surface area (Å²) in [6.07, 6.45) is 0.814. The molecule has 0 saturated carbocycles. The van der Waals surface area contributed by atoms with Crippen LogP contribution >= 0.6 is 0 Å². The van der Waals surface area contributed by atoms with Gasteiger partial charge in [-0.15, -0.1) is 0 Å². The second-order valence-electron chi connectivity index (χ2n) is 5.81. The van der Waals surface area contributed by atoms with Gasteiger partial charge in [-0.2, -0.15) is 0 Å². The quantitative estimate of drug-likeness (QED) is 0.709. The largest absolute Gasteiger partial charge is 0.354 e. The van der Waals surface area contributed by atoms with E-state index in [9.17, 15) is 9.18 Å². The zero-order chi connectivity index (χ0) is 18.4. The molecule has 132 valence electrons.